The van der Waals surface area contributed by atoms with E-state index in [1.807, 2.05) is 0 Å². The van der Waals surface area contributed by atoms with E-state index in [1.54, 1.807) is 12.1 Å². The molecule has 1 aromatic carbocycles. The van der Waals surface area contributed by atoms with E-state index in [4.69, 9.17) is 16.3 Å². The summed E-state index contributed by atoms with van der Waals surface area (Å²) in [6.45, 7) is 1.09. The number of hydrogen-bond acceptors (Lipinski definition) is 4. The highest BCUT2D eigenvalue weighted by Crippen LogP contribution is 2.35. The third-order valence-electron chi connectivity index (χ3n) is 4.09. The molecule has 1 atom stereocenters. The van der Waals surface area contributed by atoms with Crippen LogP contribution in [0.2, 0.25) is 5.02 Å². The van der Waals surface area contributed by atoms with Crippen LogP contribution in [0.4, 0.5) is 19.3 Å². The van der Waals surface area contributed by atoms with Crippen molar-refractivity contribution >= 4 is 23.4 Å². The Bertz CT molecular complexity index is 1020. The van der Waals surface area contributed by atoms with Crippen LogP contribution < -0.4 is 10.9 Å². The van der Waals surface area contributed by atoms with Gasteiger partial charge in [-0.3, -0.25) is 14.7 Å². The monoisotopic (exact) mass is 421 g/mol. The topological polar surface area (TPSA) is 73.2 Å². The van der Waals surface area contributed by atoms with Crippen molar-refractivity contribution < 1.29 is 18.3 Å². The molecule has 0 spiro atoms. The lowest BCUT2D eigenvalue weighted by atomic mass is 10.0. The predicted octanol–water partition coefficient (Wildman–Crippen LogP) is 4.23. The number of hydrogen-bond donors (Lipinski definition) is 1. The normalized spacial score (nSPS) is 17.1. The summed E-state index contributed by atoms with van der Waals surface area (Å²) in [6.07, 6.45) is 1.74. The Morgan fingerprint density at radius 3 is 2.72 bits per heavy atom. The third kappa shape index (κ3) is 5.78. The van der Waals surface area contributed by atoms with Crippen LogP contribution >= 0.6 is 11.6 Å². The van der Waals surface area contributed by atoms with Crippen LogP contribution in [0.3, 0.4) is 0 Å². The fourth-order valence-electron chi connectivity index (χ4n) is 2.60. The van der Waals surface area contributed by atoms with Gasteiger partial charge >= 0.3 is 6.09 Å². The largest absolute Gasteiger partial charge is 0.428 e. The number of nitrogens with one attached hydrogen (secondary N) is 1. The average molecular weight is 422 g/mol. The maximum atomic E-state index is 11.9. The fraction of sp³-hybridized carbons (Fsp3) is 0.350. The number of ether oxygens (including phenoxy) is 1. The van der Waals surface area contributed by atoms with Crippen molar-refractivity contribution in [1.29, 1.82) is 0 Å². The number of nitrogens with zero attached hydrogens (tertiary/aromatic N) is 2. The van der Waals surface area contributed by atoms with Crippen molar-refractivity contribution in [2.75, 3.05) is 5.32 Å². The van der Waals surface area contributed by atoms with Crippen molar-refractivity contribution in [3.63, 3.8) is 0 Å². The minimum atomic E-state index is -2.17. The van der Waals surface area contributed by atoms with E-state index < -0.39 is 18.6 Å². The summed E-state index contributed by atoms with van der Waals surface area (Å²) < 4.78 is 27.4. The van der Waals surface area contributed by atoms with Gasteiger partial charge in [-0.15, -0.1) is 0 Å². The van der Waals surface area contributed by atoms with Crippen LogP contribution in [-0.2, 0) is 11.3 Å². The molecular weight excluding hydrogens is 404 g/mol. The van der Waals surface area contributed by atoms with Gasteiger partial charge < -0.3 is 4.74 Å². The molecule has 1 aromatic heterocycles. The van der Waals surface area contributed by atoms with Crippen LogP contribution in [0.25, 0.3) is 0 Å². The van der Waals surface area contributed by atoms with Crippen molar-refractivity contribution in [2.45, 2.75) is 38.8 Å². The van der Waals surface area contributed by atoms with Crippen LogP contribution in [0.1, 0.15) is 37.0 Å². The van der Waals surface area contributed by atoms with Gasteiger partial charge in [0.25, 0.3) is 5.56 Å². The first-order valence-electron chi connectivity index (χ1n) is 8.93. The quantitative estimate of drug-likeness (QED) is 0.736. The van der Waals surface area contributed by atoms with Gasteiger partial charge in [-0.1, -0.05) is 23.4 Å². The Kier molecular flexibility index (Phi) is 6.49. The van der Waals surface area contributed by atoms with Crippen molar-refractivity contribution in [3.05, 3.63) is 57.2 Å². The molecule has 6 nitrogen and oxygen atoms in total. The lowest BCUT2D eigenvalue weighted by molar-refractivity contribution is 0.134. The lowest BCUT2D eigenvalue weighted by Gasteiger charge is -2.24. The third-order valence-corrected chi connectivity index (χ3v) is 4.44. The number of halogens is 3. The highest BCUT2D eigenvalue weighted by Gasteiger charge is 2.27. The van der Waals surface area contributed by atoms with Gasteiger partial charge in [0, 0.05) is 28.8 Å². The number of cyclic esters (lactones) is 1. The molecule has 2 heterocycles. The summed E-state index contributed by atoms with van der Waals surface area (Å²) in [4.78, 5) is 27.6. The van der Waals surface area contributed by atoms with Crippen LogP contribution in [-0.4, -0.2) is 22.1 Å². The van der Waals surface area contributed by atoms with Crippen LogP contribution in [0.5, 0.6) is 0 Å². The summed E-state index contributed by atoms with van der Waals surface area (Å²) in [7, 11) is 0. The van der Waals surface area contributed by atoms with Crippen LogP contribution in [0, 0.1) is 17.8 Å². The molecule has 152 valence electrons. The lowest BCUT2D eigenvalue weighted by Crippen LogP contribution is -2.25. The van der Waals surface area contributed by atoms with Crippen LogP contribution in [0.15, 0.2) is 35.5 Å². The molecule has 0 bridgehead atoms. The van der Waals surface area contributed by atoms with Gasteiger partial charge in [-0.2, -0.15) is 0 Å². The predicted molar refractivity (Wildman–Crippen MR) is 104 cm³/mol. The Morgan fingerprint density at radius 1 is 1.34 bits per heavy atom. The molecule has 4 rings (SSSR count). The number of carbonyl (C=O) groups excluding carboxylic acids is 1. The molecule has 2 aromatic rings. The molecule has 1 saturated carbocycles. The number of carbonyl (C=O) groups is 1. The number of amides is 1. The Morgan fingerprint density at radius 2 is 2.07 bits per heavy atom. The van der Waals surface area contributed by atoms with Crippen molar-refractivity contribution in [3.8, 4) is 11.8 Å². The second kappa shape index (κ2) is 9.05. The number of aromatic nitrogens is 2. The Balaban J connectivity index is 0.000000552. The summed E-state index contributed by atoms with van der Waals surface area (Å²) >= 11 is 6.39. The fourth-order valence-corrected chi connectivity index (χ4v) is 2.83. The van der Waals surface area contributed by atoms with Crippen molar-refractivity contribution in [1.82, 2.24) is 9.55 Å². The molecule has 1 fully saturated rings. The minimum Gasteiger partial charge on any atom is -0.428 e. The SMILES string of the molecule is CC(F)F.O=C1Nc2cc(Cn3cnccc3=O)c(Cl)cc2[C@H](C#CC2CC2)O1. The summed E-state index contributed by atoms with van der Waals surface area (Å²) in [5.74, 6) is 6.54. The first-order chi connectivity index (χ1) is 13.8. The summed E-state index contributed by atoms with van der Waals surface area (Å²) in [5, 5.41) is 3.15. The number of rotatable bonds is 2. The number of alkyl halides is 2. The molecular formula is C20H18ClF2N3O3. The first kappa shape index (κ1) is 20.8. The molecule has 1 aliphatic heterocycles. The number of anilines is 1. The highest BCUT2D eigenvalue weighted by molar-refractivity contribution is 6.31. The van der Waals surface area contributed by atoms with E-state index in [1.165, 1.54) is 23.2 Å². The van der Waals surface area contributed by atoms with Gasteiger partial charge in [0.2, 0.25) is 6.43 Å². The number of benzene rings is 1. The van der Waals surface area contributed by atoms with E-state index >= 15 is 0 Å². The average Bonchev–Trinajstić information content (AvgIpc) is 3.47. The highest BCUT2D eigenvalue weighted by atomic mass is 35.5. The van der Waals surface area contributed by atoms with Gasteiger partial charge in [0.15, 0.2) is 6.10 Å². The van der Waals surface area contributed by atoms with E-state index in [0.29, 0.717) is 22.2 Å². The first-order valence-corrected chi connectivity index (χ1v) is 9.31. The number of fused-ring (bicyclic) bond motifs is 1. The van der Waals surface area contributed by atoms with Gasteiger partial charge in [-0.05, 0) is 37.5 Å². The second-order valence-electron chi connectivity index (χ2n) is 6.57. The van der Waals surface area contributed by atoms with Crippen molar-refractivity contribution in [2.24, 2.45) is 5.92 Å². The van der Waals surface area contributed by atoms with Gasteiger partial charge in [-0.25, -0.2) is 18.6 Å². The zero-order valence-electron chi connectivity index (χ0n) is 15.5. The van der Waals surface area contributed by atoms with E-state index in [0.717, 1.165) is 25.3 Å². The summed E-state index contributed by atoms with van der Waals surface area (Å²) in [5.41, 5.74) is 1.85. The maximum absolute atomic E-state index is 11.9. The molecule has 0 radical (unpaired) electrons. The Hall–Kier alpha value is -2.92. The minimum absolute atomic E-state index is 0.177. The molecule has 0 unspecified atom stereocenters. The maximum Gasteiger partial charge on any atom is 0.413 e. The van der Waals surface area contributed by atoms with E-state index in [-0.39, 0.29) is 12.1 Å². The molecule has 2 aliphatic rings. The van der Waals surface area contributed by atoms with Gasteiger partial charge in [0.1, 0.15) is 0 Å². The molecule has 1 amide bonds. The second-order valence-corrected chi connectivity index (χ2v) is 6.98. The van der Waals surface area contributed by atoms with E-state index in [9.17, 15) is 18.4 Å². The standard InChI is InChI=1S/C18H14ClN3O3.C2H4F2/c19-14-8-13-15(7-12(14)9-22-10-20-6-5-17(22)23)21-18(24)25-16(13)4-3-11-1-2-11;1-2(3)4/h5-8,10-11,16H,1-2,9H2,(H,21,24);2H,1H3/t16-;/m0./s1. The molecule has 29 heavy (non-hydrogen) atoms. The molecule has 1 aliphatic carbocycles. The van der Waals surface area contributed by atoms with E-state index in [2.05, 4.69) is 22.1 Å². The smallest absolute Gasteiger partial charge is 0.413 e. The Labute approximate surface area is 170 Å². The zero-order valence-corrected chi connectivity index (χ0v) is 16.2. The summed E-state index contributed by atoms with van der Waals surface area (Å²) in [6, 6.07) is 4.87. The molecule has 1 N–H and O–H groups in total. The molecule has 9 heteroatoms. The van der Waals surface area contributed by atoms with Gasteiger partial charge in [0.05, 0.1) is 18.6 Å². The zero-order chi connectivity index (χ0) is 21.0. The molecule has 0 saturated heterocycles.